The molecule has 0 N–H and O–H groups in total. The molecule has 10 heteroatoms. The smallest absolute Gasteiger partial charge is 0.114 e. The van der Waals surface area contributed by atoms with Gasteiger partial charge in [-0.1, -0.05) is 343 Å². The first-order valence-corrected chi connectivity index (χ1v) is 48.4. The van der Waals surface area contributed by atoms with Gasteiger partial charge in [-0.3, -0.25) is 0 Å². The summed E-state index contributed by atoms with van der Waals surface area (Å²) in [6, 6.07) is 16.4. The zero-order chi connectivity index (χ0) is 71.2. The summed E-state index contributed by atoms with van der Waals surface area (Å²) in [6.07, 6.45) is 69.5. The van der Waals surface area contributed by atoms with E-state index in [2.05, 4.69) is 127 Å². The Morgan fingerprint density at radius 2 is 0.618 bits per heavy atom. The summed E-state index contributed by atoms with van der Waals surface area (Å²) in [5, 5.41) is 0. The molecule has 0 atom stereocenters. The van der Waals surface area contributed by atoms with Crippen LogP contribution >= 0.6 is 69.7 Å². The van der Waals surface area contributed by atoms with Gasteiger partial charge in [-0.15, -0.1) is 46.2 Å². The Hall–Kier alpha value is -2.86. The van der Waals surface area contributed by atoms with E-state index < -0.39 is 0 Å². The Labute approximate surface area is 648 Å². The first-order valence-electron chi connectivity index (χ1n) is 43.3. The number of aromatic nitrogens is 4. The molecule has 3 aliphatic carbocycles. The number of aryl methyl sites for hydroxylation is 2. The SMILES string of the molecule is CCCCCCCCCCCCC1(CCCCCCCCCCCC)c2cc3c(cc2-c2c1cc(C)c1nsnc21)C(CCCCCCCCCCCC)(CCCCCCCCCCCC)c1cc(-c2cc4c(s2)-c2sc(C)cc2C4=C(SCCCCCC)SCCCCCC)c2nsnc2c1-3. The third-order valence-corrected chi connectivity index (χ3v) is 30.2. The number of fused-ring (bicyclic) bond motifs is 13. The molecule has 4 heterocycles. The molecule has 0 spiro atoms. The number of thiophene rings is 2. The van der Waals surface area contributed by atoms with Crippen molar-refractivity contribution in [3.8, 4) is 42.4 Å². The fourth-order valence-electron chi connectivity index (χ4n) is 18.3. The summed E-state index contributed by atoms with van der Waals surface area (Å²) < 4.78 is 23.3. The van der Waals surface area contributed by atoms with E-state index in [0.29, 0.717) is 0 Å². The largest absolute Gasteiger partial charge is 0.173 e. The quantitative estimate of drug-likeness (QED) is 0.0354. The van der Waals surface area contributed by atoms with Crippen molar-refractivity contribution in [2.24, 2.45) is 0 Å². The second-order valence-electron chi connectivity index (χ2n) is 32.2. The maximum absolute atomic E-state index is 5.64. The Kier molecular flexibility index (Phi) is 35.2. The van der Waals surface area contributed by atoms with Crippen LogP contribution in [0.5, 0.6) is 0 Å². The van der Waals surface area contributed by atoms with Crippen LogP contribution in [-0.4, -0.2) is 29.0 Å². The molecule has 10 rings (SSSR count). The standard InChI is InChI=1S/C92H138N4S6/c1-9-15-21-27-31-35-39-43-47-51-57-91(58-52-48-44-40-36-32-28-22-16-10-2)76-66-72-77(65-71(76)82-78(91)63-69(7)84-86(82)95-101-93-84)92(59-53-49-45-41-37-33-29-23-17-11-3,60-54-50-46-42-38-34-30-24-18-12-4)79-67-73(85-87(83(72)79)96-102-94-85)80-68-75-81(74-64-70(8)99-88(74)89(75)100-80)90(97-61-55-25-19-13-5)98-62-56-26-20-14-6/h63-68H,9-62H2,1-8H3. The summed E-state index contributed by atoms with van der Waals surface area (Å²) in [6.45, 7) is 18.8. The van der Waals surface area contributed by atoms with Gasteiger partial charge in [-0.05, 0) is 133 Å². The lowest BCUT2D eigenvalue weighted by atomic mass is 9.68. The number of nitrogens with zero attached hydrogens (tertiary/aromatic N) is 4. The van der Waals surface area contributed by atoms with Crippen LogP contribution in [0.15, 0.2) is 40.6 Å². The summed E-state index contributed by atoms with van der Waals surface area (Å²) in [4.78, 5) is 5.79. The van der Waals surface area contributed by atoms with Crippen molar-refractivity contribution in [3.05, 3.63) is 84.5 Å². The molecular formula is C92H138N4S6. The normalized spacial score (nSPS) is 13.9. The highest BCUT2D eigenvalue weighted by Crippen LogP contribution is 2.65. The van der Waals surface area contributed by atoms with Crippen molar-refractivity contribution in [3.63, 3.8) is 0 Å². The Morgan fingerprint density at radius 3 is 1.02 bits per heavy atom. The van der Waals surface area contributed by atoms with Crippen molar-refractivity contribution >= 4 is 97.3 Å². The summed E-state index contributed by atoms with van der Waals surface area (Å²) >= 11 is 11.4. The zero-order valence-electron chi connectivity index (χ0n) is 65.9. The van der Waals surface area contributed by atoms with E-state index in [4.69, 9.17) is 17.5 Å². The number of thioether (sulfide) groups is 2. The number of hydrogen-bond acceptors (Lipinski definition) is 10. The van der Waals surface area contributed by atoms with Crippen LogP contribution in [0.4, 0.5) is 0 Å². The molecule has 562 valence electrons. The summed E-state index contributed by atoms with van der Waals surface area (Å²) in [5.41, 5.74) is 23.7. The zero-order valence-corrected chi connectivity index (χ0v) is 70.8. The van der Waals surface area contributed by atoms with Gasteiger partial charge < -0.3 is 0 Å². The lowest BCUT2D eigenvalue weighted by Gasteiger charge is -2.35. The van der Waals surface area contributed by atoms with Gasteiger partial charge in [0, 0.05) is 58.2 Å². The average Bonchev–Trinajstić information content (AvgIpc) is 1.52. The second-order valence-corrected chi connectivity index (χ2v) is 38.0. The molecule has 0 radical (unpaired) electrons. The van der Waals surface area contributed by atoms with E-state index in [1.54, 1.807) is 26.5 Å². The Balaban J connectivity index is 1.11. The first kappa shape index (κ1) is 81.7. The lowest BCUT2D eigenvalue weighted by Crippen LogP contribution is -2.27. The first-order chi connectivity index (χ1) is 50.3. The molecule has 0 saturated heterocycles. The molecule has 102 heavy (non-hydrogen) atoms. The molecule has 0 amide bonds. The third-order valence-electron chi connectivity index (χ3n) is 24.1. The minimum atomic E-state index is -0.158. The molecule has 0 saturated carbocycles. The number of unbranched alkanes of at least 4 members (excludes halogenated alkanes) is 42. The molecule has 0 unspecified atom stereocenters. The third kappa shape index (κ3) is 20.9. The van der Waals surface area contributed by atoms with E-state index in [0.717, 1.165) is 16.6 Å². The van der Waals surface area contributed by atoms with Gasteiger partial charge in [0.05, 0.1) is 33.2 Å². The van der Waals surface area contributed by atoms with Crippen molar-refractivity contribution in [1.29, 1.82) is 0 Å². The van der Waals surface area contributed by atoms with Gasteiger partial charge in [-0.2, -0.15) is 17.5 Å². The van der Waals surface area contributed by atoms with Crippen LogP contribution in [0.3, 0.4) is 0 Å². The van der Waals surface area contributed by atoms with E-state index >= 15 is 0 Å². The minimum absolute atomic E-state index is 0.0946. The minimum Gasteiger partial charge on any atom is -0.173 e. The van der Waals surface area contributed by atoms with E-state index in [1.165, 1.54) is 444 Å². The maximum atomic E-state index is 5.64. The van der Waals surface area contributed by atoms with Gasteiger partial charge >= 0.3 is 0 Å². The van der Waals surface area contributed by atoms with Crippen molar-refractivity contribution in [2.75, 3.05) is 11.5 Å². The van der Waals surface area contributed by atoms with E-state index in [9.17, 15) is 0 Å². The van der Waals surface area contributed by atoms with Gasteiger partial charge in [0.1, 0.15) is 22.1 Å². The monoisotopic (exact) mass is 1490 g/mol. The predicted molar refractivity (Wildman–Crippen MR) is 462 cm³/mol. The molecule has 3 aliphatic rings. The molecule has 7 aromatic rings. The second kappa shape index (κ2) is 44.0. The van der Waals surface area contributed by atoms with Crippen LogP contribution in [0.2, 0.25) is 0 Å². The summed E-state index contributed by atoms with van der Waals surface area (Å²) in [7, 11) is 0. The lowest BCUT2D eigenvalue weighted by molar-refractivity contribution is 0.393. The number of benzene rings is 3. The van der Waals surface area contributed by atoms with Crippen molar-refractivity contribution in [1.82, 2.24) is 17.5 Å². The van der Waals surface area contributed by atoms with Gasteiger partial charge in [0.2, 0.25) is 0 Å². The molecule has 4 aromatic heterocycles. The van der Waals surface area contributed by atoms with Crippen LogP contribution in [0.1, 0.15) is 419 Å². The topological polar surface area (TPSA) is 51.6 Å². The Bertz CT molecular complexity index is 3560. The highest BCUT2D eigenvalue weighted by atomic mass is 32.2. The van der Waals surface area contributed by atoms with Crippen LogP contribution in [0, 0.1) is 13.8 Å². The van der Waals surface area contributed by atoms with Gasteiger partial charge in [0.15, 0.2) is 0 Å². The van der Waals surface area contributed by atoms with Crippen molar-refractivity contribution in [2.45, 2.75) is 400 Å². The van der Waals surface area contributed by atoms with Gasteiger partial charge in [0.25, 0.3) is 0 Å². The maximum Gasteiger partial charge on any atom is 0.114 e. The highest BCUT2D eigenvalue weighted by molar-refractivity contribution is 8.22. The number of rotatable bonds is 57. The van der Waals surface area contributed by atoms with E-state index in [-0.39, 0.29) is 10.8 Å². The summed E-state index contributed by atoms with van der Waals surface area (Å²) in [5.74, 6) is 2.39. The Morgan fingerprint density at radius 1 is 0.304 bits per heavy atom. The molecule has 0 fully saturated rings. The van der Waals surface area contributed by atoms with Crippen LogP contribution in [-0.2, 0) is 10.8 Å². The fraction of sp³-hybridized carbons (Fsp3) is 0.696. The predicted octanol–water partition coefficient (Wildman–Crippen LogP) is 33.2. The molecular weight excluding hydrogens is 1350 g/mol. The molecule has 3 aromatic carbocycles. The highest BCUT2D eigenvalue weighted by Gasteiger charge is 2.50. The molecule has 4 nitrogen and oxygen atoms in total. The molecule has 0 bridgehead atoms. The number of hydrogen-bond donors (Lipinski definition) is 0. The average molecular weight is 1490 g/mol. The fourth-order valence-corrected chi connectivity index (χ4v) is 24.5. The van der Waals surface area contributed by atoms with Crippen LogP contribution in [0.25, 0.3) is 70.1 Å². The van der Waals surface area contributed by atoms with Crippen LogP contribution < -0.4 is 0 Å². The van der Waals surface area contributed by atoms with Gasteiger partial charge in [-0.25, -0.2) is 0 Å². The van der Waals surface area contributed by atoms with E-state index in [1.807, 2.05) is 11.3 Å². The molecule has 0 aliphatic heterocycles. The van der Waals surface area contributed by atoms with Crippen molar-refractivity contribution < 1.29 is 0 Å².